The number of amides is 1. The van der Waals surface area contributed by atoms with Crippen molar-refractivity contribution in [2.45, 2.75) is 96.3 Å². The Labute approximate surface area is 153 Å². The third-order valence-electron chi connectivity index (χ3n) is 7.92. The molecule has 0 radical (unpaired) electrons. The Bertz CT molecular complexity index is 587. The summed E-state index contributed by atoms with van der Waals surface area (Å²) >= 11 is 0. The number of hydrogen-bond donors (Lipinski definition) is 1. The van der Waals surface area contributed by atoms with Gasteiger partial charge in [-0.05, 0) is 99.0 Å². The summed E-state index contributed by atoms with van der Waals surface area (Å²) in [5, 5.41) is 0. The van der Waals surface area contributed by atoms with Gasteiger partial charge in [0.25, 0.3) is 0 Å². The first-order valence-electron chi connectivity index (χ1n) is 10.9. The van der Waals surface area contributed by atoms with Crippen LogP contribution >= 0.6 is 0 Å². The van der Waals surface area contributed by atoms with E-state index in [4.69, 9.17) is 5.73 Å². The SMILES string of the molecule is NC(=O)CCCCC[C@@]12CCC[C@H]1[C@@H]1CCC3=CCCCC3=C1CC2. The summed E-state index contributed by atoms with van der Waals surface area (Å²) in [5.74, 6) is 1.74. The molecule has 0 aromatic carbocycles. The minimum atomic E-state index is -0.135. The Kier molecular flexibility index (Phi) is 5.06. The molecular weight excluding hydrogens is 306 g/mol. The van der Waals surface area contributed by atoms with Gasteiger partial charge in [0, 0.05) is 6.42 Å². The van der Waals surface area contributed by atoms with E-state index in [9.17, 15) is 4.79 Å². The number of primary amides is 1. The van der Waals surface area contributed by atoms with Crippen LogP contribution in [0.4, 0.5) is 0 Å². The molecule has 0 aliphatic heterocycles. The van der Waals surface area contributed by atoms with Crippen molar-refractivity contribution in [3.8, 4) is 0 Å². The van der Waals surface area contributed by atoms with Crippen LogP contribution in [0.3, 0.4) is 0 Å². The van der Waals surface area contributed by atoms with Gasteiger partial charge in [-0.1, -0.05) is 30.9 Å². The molecule has 0 bridgehead atoms. The maximum absolute atomic E-state index is 10.9. The van der Waals surface area contributed by atoms with Gasteiger partial charge in [-0.2, -0.15) is 0 Å². The van der Waals surface area contributed by atoms with Gasteiger partial charge in [0.1, 0.15) is 0 Å². The molecule has 3 atom stereocenters. The van der Waals surface area contributed by atoms with Crippen LogP contribution in [-0.4, -0.2) is 5.91 Å². The lowest BCUT2D eigenvalue weighted by Crippen LogP contribution is -2.38. The highest BCUT2D eigenvalue weighted by Crippen LogP contribution is 2.62. The summed E-state index contributed by atoms with van der Waals surface area (Å²) in [4.78, 5) is 10.9. The van der Waals surface area contributed by atoms with Crippen LogP contribution in [-0.2, 0) is 4.79 Å². The first-order chi connectivity index (χ1) is 12.2. The fourth-order valence-corrected chi connectivity index (χ4v) is 6.82. The van der Waals surface area contributed by atoms with Crippen LogP contribution in [0.25, 0.3) is 0 Å². The van der Waals surface area contributed by atoms with E-state index in [1.807, 2.05) is 11.1 Å². The van der Waals surface area contributed by atoms with Crippen LogP contribution in [0.15, 0.2) is 22.8 Å². The lowest BCUT2D eigenvalue weighted by atomic mass is 9.56. The summed E-state index contributed by atoms with van der Waals surface area (Å²) in [6, 6.07) is 0. The highest BCUT2D eigenvalue weighted by Gasteiger charge is 2.50. The average molecular weight is 342 g/mol. The van der Waals surface area contributed by atoms with Gasteiger partial charge in [0.05, 0.1) is 0 Å². The zero-order valence-corrected chi connectivity index (χ0v) is 15.8. The Morgan fingerprint density at radius 3 is 2.88 bits per heavy atom. The molecule has 0 spiro atoms. The van der Waals surface area contributed by atoms with Crippen molar-refractivity contribution in [3.63, 3.8) is 0 Å². The van der Waals surface area contributed by atoms with E-state index in [2.05, 4.69) is 6.08 Å². The fraction of sp³-hybridized carbons (Fsp3) is 0.783. The zero-order chi connectivity index (χ0) is 17.3. The van der Waals surface area contributed by atoms with Gasteiger partial charge in [0.15, 0.2) is 0 Å². The molecule has 2 heteroatoms. The number of rotatable bonds is 6. The molecule has 1 amide bonds. The molecular formula is C23H35NO. The Hall–Kier alpha value is -1.05. The van der Waals surface area contributed by atoms with E-state index in [0.29, 0.717) is 11.8 Å². The summed E-state index contributed by atoms with van der Waals surface area (Å²) in [7, 11) is 0. The van der Waals surface area contributed by atoms with Crippen molar-refractivity contribution in [1.82, 2.24) is 0 Å². The standard InChI is InChI=1S/C23H35NO/c24-22(25)10-2-1-5-14-23-15-6-9-21(23)20-12-11-17-7-3-4-8-18(17)19(20)13-16-23/h7,20-21H,1-6,8-16H2,(H2,24,25)/t20-,21+,23+/m1/s1. The Balaban J connectivity index is 1.45. The van der Waals surface area contributed by atoms with Crippen LogP contribution < -0.4 is 5.73 Å². The van der Waals surface area contributed by atoms with Gasteiger partial charge in [0.2, 0.25) is 5.91 Å². The third kappa shape index (κ3) is 3.34. The monoisotopic (exact) mass is 341 g/mol. The van der Waals surface area contributed by atoms with E-state index in [1.165, 1.54) is 83.5 Å². The molecule has 25 heavy (non-hydrogen) atoms. The first kappa shape index (κ1) is 17.4. The maximum Gasteiger partial charge on any atom is 0.217 e. The lowest BCUT2D eigenvalue weighted by molar-refractivity contribution is -0.118. The second-order valence-corrected chi connectivity index (χ2v) is 9.16. The summed E-state index contributed by atoms with van der Waals surface area (Å²) in [6.45, 7) is 0. The van der Waals surface area contributed by atoms with Crippen LogP contribution in [0.5, 0.6) is 0 Å². The molecule has 4 aliphatic rings. The molecule has 2 fully saturated rings. The number of nitrogens with two attached hydrogens (primary N) is 1. The second-order valence-electron chi connectivity index (χ2n) is 9.16. The Morgan fingerprint density at radius 1 is 1.08 bits per heavy atom. The van der Waals surface area contributed by atoms with Gasteiger partial charge in [-0.25, -0.2) is 0 Å². The first-order valence-corrected chi connectivity index (χ1v) is 10.9. The van der Waals surface area contributed by atoms with Crippen molar-refractivity contribution in [3.05, 3.63) is 22.8 Å². The average Bonchev–Trinajstić information content (AvgIpc) is 3.05. The molecule has 138 valence electrons. The zero-order valence-electron chi connectivity index (χ0n) is 15.8. The smallest absolute Gasteiger partial charge is 0.217 e. The number of hydrogen-bond acceptors (Lipinski definition) is 1. The van der Waals surface area contributed by atoms with E-state index < -0.39 is 0 Å². The number of carbonyl (C=O) groups is 1. The largest absolute Gasteiger partial charge is 0.370 e. The van der Waals surface area contributed by atoms with E-state index >= 15 is 0 Å². The van der Waals surface area contributed by atoms with Crippen molar-refractivity contribution >= 4 is 5.91 Å². The fourth-order valence-electron chi connectivity index (χ4n) is 6.82. The molecule has 2 nitrogen and oxygen atoms in total. The van der Waals surface area contributed by atoms with Gasteiger partial charge in [-0.15, -0.1) is 0 Å². The van der Waals surface area contributed by atoms with Gasteiger partial charge < -0.3 is 5.73 Å². The molecule has 0 saturated heterocycles. The van der Waals surface area contributed by atoms with Crippen LogP contribution in [0.1, 0.15) is 96.3 Å². The van der Waals surface area contributed by atoms with Crippen molar-refractivity contribution < 1.29 is 4.79 Å². The molecule has 0 aromatic heterocycles. The molecule has 4 rings (SSSR count). The molecule has 0 heterocycles. The predicted molar refractivity (Wildman–Crippen MR) is 103 cm³/mol. The Morgan fingerprint density at radius 2 is 2.00 bits per heavy atom. The number of allylic oxidation sites excluding steroid dienone is 4. The number of unbranched alkanes of at least 4 members (excludes halogenated alkanes) is 2. The van der Waals surface area contributed by atoms with Gasteiger partial charge >= 0.3 is 0 Å². The third-order valence-corrected chi connectivity index (χ3v) is 7.92. The number of fused-ring (bicyclic) bond motifs is 4. The van der Waals surface area contributed by atoms with Crippen molar-refractivity contribution in [2.75, 3.05) is 0 Å². The van der Waals surface area contributed by atoms with Crippen LogP contribution in [0.2, 0.25) is 0 Å². The van der Waals surface area contributed by atoms with Crippen molar-refractivity contribution in [2.24, 2.45) is 23.0 Å². The van der Waals surface area contributed by atoms with E-state index in [-0.39, 0.29) is 5.91 Å². The highest BCUT2D eigenvalue weighted by molar-refractivity contribution is 5.73. The predicted octanol–water partition coefficient (Wildman–Crippen LogP) is 5.82. The van der Waals surface area contributed by atoms with Gasteiger partial charge in [-0.3, -0.25) is 4.79 Å². The molecule has 0 aromatic rings. The maximum atomic E-state index is 10.9. The molecule has 4 aliphatic carbocycles. The summed E-state index contributed by atoms with van der Waals surface area (Å²) in [6.07, 6.45) is 22.1. The minimum absolute atomic E-state index is 0.135. The molecule has 0 unspecified atom stereocenters. The van der Waals surface area contributed by atoms with E-state index in [0.717, 1.165) is 18.3 Å². The van der Waals surface area contributed by atoms with Crippen molar-refractivity contribution in [1.29, 1.82) is 0 Å². The topological polar surface area (TPSA) is 43.1 Å². The summed E-state index contributed by atoms with van der Waals surface area (Å²) < 4.78 is 0. The minimum Gasteiger partial charge on any atom is -0.370 e. The second kappa shape index (κ2) is 7.29. The quantitative estimate of drug-likeness (QED) is 0.608. The normalized spacial score (nSPS) is 34.2. The van der Waals surface area contributed by atoms with Crippen LogP contribution in [0, 0.1) is 17.3 Å². The molecule has 2 N–H and O–H groups in total. The lowest BCUT2D eigenvalue weighted by Gasteiger charge is -2.49. The van der Waals surface area contributed by atoms with E-state index in [1.54, 1.807) is 5.57 Å². The molecule has 2 saturated carbocycles. The number of carbonyl (C=O) groups excluding carboxylic acids is 1. The highest BCUT2D eigenvalue weighted by atomic mass is 16.1. The summed E-state index contributed by atoms with van der Waals surface area (Å²) in [5.41, 5.74) is 11.4.